The highest BCUT2D eigenvalue weighted by atomic mass is 79.9. The summed E-state index contributed by atoms with van der Waals surface area (Å²) in [7, 11) is 3.07. The van der Waals surface area contributed by atoms with Crippen molar-refractivity contribution in [3.8, 4) is 11.5 Å². The smallest absolute Gasteiger partial charge is 0.360 e. The van der Waals surface area contributed by atoms with Crippen molar-refractivity contribution in [1.29, 1.82) is 0 Å². The van der Waals surface area contributed by atoms with Crippen LogP contribution in [-0.2, 0) is 4.74 Å². The number of methoxy groups -OCH3 is 2. The molecule has 0 fully saturated rings. The fourth-order valence-corrected chi connectivity index (χ4v) is 2.20. The number of hydrogen-bond donors (Lipinski definition) is 0. The maximum absolute atomic E-state index is 12.0. The minimum Gasteiger partial charge on any atom is -0.493 e. The molecule has 7 heteroatoms. The van der Waals surface area contributed by atoms with Gasteiger partial charge < -0.3 is 14.2 Å². The number of carbonyl (C=O) groups excluding carboxylic acids is 1. The second kappa shape index (κ2) is 6.26. The number of hydrogen-bond acceptors (Lipinski definition) is 6. The highest BCUT2D eigenvalue weighted by Gasteiger charge is 2.18. The van der Waals surface area contributed by atoms with Crippen molar-refractivity contribution in [2.45, 2.75) is 20.0 Å². The number of carbonyl (C=O) groups is 1. The molecule has 0 spiro atoms. The summed E-state index contributed by atoms with van der Waals surface area (Å²) in [5.41, 5.74) is 1.23. The van der Waals surface area contributed by atoms with Gasteiger partial charge in [-0.2, -0.15) is 0 Å². The molecule has 21 heavy (non-hydrogen) atoms. The largest absolute Gasteiger partial charge is 0.493 e. The summed E-state index contributed by atoms with van der Waals surface area (Å²) in [6, 6.07) is 3.36. The lowest BCUT2D eigenvalue weighted by Gasteiger charge is -2.11. The Morgan fingerprint density at radius 1 is 1.10 bits per heavy atom. The number of benzene rings is 1. The van der Waals surface area contributed by atoms with E-state index >= 15 is 0 Å². The van der Waals surface area contributed by atoms with E-state index in [1.54, 1.807) is 33.1 Å². The zero-order valence-electron chi connectivity index (χ0n) is 12.1. The third kappa shape index (κ3) is 3.24. The molecule has 0 unspecified atom stereocenters. The molecule has 0 amide bonds. The van der Waals surface area contributed by atoms with Crippen molar-refractivity contribution in [2.75, 3.05) is 14.2 Å². The first kappa shape index (κ1) is 15.5. The average Bonchev–Trinajstić information content (AvgIpc) is 2.44. The number of fused-ring (bicyclic) bond motifs is 1. The molecule has 2 aromatic rings. The van der Waals surface area contributed by atoms with Crippen LogP contribution >= 0.6 is 15.9 Å². The second-order valence-corrected chi connectivity index (χ2v) is 5.26. The van der Waals surface area contributed by atoms with Crippen LogP contribution < -0.4 is 9.47 Å². The van der Waals surface area contributed by atoms with E-state index in [0.29, 0.717) is 27.1 Å². The number of rotatable bonds is 4. The summed E-state index contributed by atoms with van der Waals surface area (Å²) in [4.78, 5) is 20.6. The highest BCUT2D eigenvalue weighted by Crippen LogP contribution is 2.31. The van der Waals surface area contributed by atoms with Crippen LogP contribution in [0.1, 0.15) is 24.3 Å². The van der Waals surface area contributed by atoms with Gasteiger partial charge in [-0.25, -0.2) is 14.8 Å². The monoisotopic (exact) mass is 354 g/mol. The van der Waals surface area contributed by atoms with Crippen molar-refractivity contribution in [3.63, 3.8) is 0 Å². The normalized spacial score (nSPS) is 10.8. The van der Waals surface area contributed by atoms with Crippen LogP contribution in [0.3, 0.4) is 0 Å². The molecule has 1 aromatic carbocycles. The van der Waals surface area contributed by atoms with Crippen LogP contribution in [-0.4, -0.2) is 36.3 Å². The Labute approximate surface area is 130 Å². The van der Waals surface area contributed by atoms with Gasteiger partial charge in [0.25, 0.3) is 0 Å². The molecule has 0 aliphatic carbocycles. The quantitative estimate of drug-likeness (QED) is 0.786. The van der Waals surface area contributed by atoms with Crippen molar-refractivity contribution < 1.29 is 19.0 Å². The molecule has 2 rings (SSSR count). The minimum atomic E-state index is -0.527. The van der Waals surface area contributed by atoms with Gasteiger partial charge in [0.15, 0.2) is 17.2 Å². The van der Waals surface area contributed by atoms with Crippen molar-refractivity contribution >= 4 is 32.9 Å². The zero-order valence-corrected chi connectivity index (χ0v) is 13.7. The van der Waals surface area contributed by atoms with Crippen LogP contribution in [0.25, 0.3) is 11.0 Å². The lowest BCUT2D eigenvalue weighted by atomic mass is 10.2. The molecule has 1 heterocycles. The standard InChI is InChI=1S/C14H15BrN2O4/c1-7(2)21-14(18)12-13(15)17-9-6-11(20-4)10(19-3)5-8(9)16-12/h5-7H,1-4H3. The Morgan fingerprint density at radius 2 is 1.62 bits per heavy atom. The van der Waals surface area contributed by atoms with Crippen molar-refractivity contribution in [1.82, 2.24) is 9.97 Å². The Bertz CT molecular complexity index is 688. The molecule has 0 saturated carbocycles. The first-order chi connectivity index (χ1) is 9.96. The zero-order chi connectivity index (χ0) is 15.6. The number of halogens is 1. The van der Waals surface area contributed by atoms with Gasteiger partial charge in [0.05, 0.1) is 31.4 Å². The van der Waals surface area contributed by atoms with E-state index in [2.05, 4.69) is 25.9 Å². The van der Waals surface area contributed by atoms with E-state index in [1.807, 2.05) is 0 Å². The molecule has 0 radical (unpaired) electrons. The maximum atomic E-state index is 12.0. The van der Waals surface area contributed by atoms with Crippen LogP contribution in [0, 0.1) is 0 Å². The van der Waals surface area contributed by atoms with Crippen molar-refractivity contribution in [3.05, 3.63) is 22.4 Å². The minimum absolute atomic E-state index is 0.128. The second-order valence-electron chi connectivity index (χ2n) is 4.51. The molecular weight excluding hydrogens is 340 g/mol. The summed E-state index contributed by atoms with van der Waals surface area (Å²) in [5.74, 6) is 0.537. The topological polar surface area (TPSA) is 70.5 Å². The first-order valence-electron chi connectivity index (χ1n) is 6.26. The molecular formula is C14H15BrN2O4. The molecule has 6 nitrogen and oxygen atoms in total. The molecule has 1 aromatic heterocycles. The van der Waals surface area contributed by atoms with Gasteiger partial charge in [-0.05, 0) is 29.8 Å². The first-order valence-corrected chi connectivity index (χ1v) is 7.05. The summed E-state index contributed by atoms with van der Waals surface area (Å²) in [5, 5.41) is 0. The Balaban J connectivity index is 2.56. The fourth-order valence-electron chi connectivity index (χ4n) is 1.76. The van der Waals surface area contributed by atoms with Gasteiger partial charge in [-0.3, -0.25) is 0 Å². The summed E-state index contributed by atoms with van der Waals surface area (Å²) < 4.78 is 15.9. The summed E-state index contributed by atoms with van der Waals surface area (Å²) in [6.07, 6.45) is -0.229. The Morgan fingerprint density at radius 3 is 2.10 bits per heavy atom. The summed E-state index contributed by atoms with van der Waals surface area (Å²) >= 11 is 3.24. The van der Waals surface area contributed by atoms with Gasteiger partial charge >= 0.3 is 5.97 Å². The van der Waals surface area contributed by atoms with Gasteiger partial charge in [-0.1, -0.05) is 0 Å². The van der Waals surface area contributed by atoms with Gasteiger partial charge in [0.2, 0.25) is 0 Å². The van der Waals surface area contributed by atoms with E-state index in [4.69, 9.17) is 14.2 Å². The van der Waals surface area contributed by atoms with Crippen LogP contribution in [0.2, 0.25) is 0 Å². The lowest BCUT2D eigenvalue weighted by molar-refractivity contribution is 0.0369. The lowest BCUT2D eigenvalue weighted by Crippen LogP contribution is -2.14. The third-order valence-electron chi connectivity index (χ3n) is 2.66. The van der Waals surface area contributed by atoms with E-state index in [1.165, 1.54) is 7.11 Å². The molecule has 0 bridgehead atoms. The van der Waals surface area contributed by atoms with Crippen LogP contribution in [0.5, 0.6) is 11.5 Å². The van der Waals surface area contributed by atoms with E-state index in [-0.39, 0.29) is 11.8 Å². The third-order valence-corrected chi connectivity index (χ3v) is 3.22. The SMILES string of the molecule is COc1cc2nc(Br)c(C(=O)OC(C)C)nc2cc1OC. The molecule has 0 atom stereocenters. The number of esters is 1. The predicted molar refractivity (Wildman–Crippen MR) is 80.9 cm³/mol. The molecule has 112 valence electrons. The highest BCUT2D eigenvalue weighted by molar-refractivity contribution is 9.10. The average molecular weight is 355 g/mol. The van der Waals surface area contributed by atoms with Gasteiger partial charge in [0, 0.05) is 12.1 Å². The maximum Gasteiger partial charge on any atom is 0.360 e. The Hall–Kier alpha value is -1.89. The van der Waals surface area contributed by atoms with Gasteiger partial charge in [0.1, 0.15) is 4.60 Å². The number of aromatic nitrogens is 2. The van der Waals surface area contributed by atoms with Crippen molar-refractivity contribution in [2.24, 2.45) is 0 Å². The molecule has 0 aliphatic rings. The van der Waals surface area contributed by atoms with E-state index in [9.17, 15) is 4.79 Å². The molecule has 0 aliphatic heterocycles. The molecule has 0 saturated heterocycles. The fraction of sp³-hybridized carbons (Fsp3) is 0.357. The van der Waals surface area contributed by atoms with Crippen LogP contribution in [0.15, 0.2) is 16.7 Å². The Kier molecular flexibility index (Phi) is 4.62. The summed E-state index contributed by atoms with van der Waals surface area (Å²) in [6.45, 7) is 3.54. The van der Waals surface area contributed by atoms with E-state index in [0.717, 1.165) is 0 Å². The molecule has 0 N–H and O–H groups in total. The van der Waals surface area contributed by atoms with Gasteiger partial charge in [-0.15, -0.1) is 0 Å². The number of nitrogens with zero attached hydrogens (tertiary/aromatic N) is 2. The van der Waals surface area contributed by atoms with E-state index < -0.39 is 5.97 Å². The predicted octanol–water partition coefficient (Wildman–Crippen LogP) is 2.97. The van der Waals surface area contributed by atoms with Crippen LogP contribution in [0.4, 0.5) is 0 Å². The number of ether oxygens (including phenoxy) is 3.